The van der Waals surface area contributed by atoms with Crippen molar-refractivity contribution in [3.63, 3.8) is 0 Å². The maximum Gasteiger partial charge on any atom is 0.127 e. The number of nitrogens with zero attached hydrogens (tertiary/aromatic N) is 1. The topological polar surface area (TPSA) is 12.5 Å². The van der Waals surface area contributed by atoms with Crippen molar-refractivity contribution in [1.82, 2.24) is 0 Å². The standard InChI is InChI=1S/C28H28NO.Zr/c1-18-14-20-16-24(28(2,3)4)27(30-5)26(23(20)15-18)29-17-19-10-6-7-11-21(19)22-12-8-9-13-25(22)29;/h6-16H,17H2,1-5H3;/q-1;. The van der Waals surface area contributed by atoms with E-state index in [4.69, 9.17) is 4.74 Å². The fraction of sp³-hybridized carbons (Fsp3) is 0.250. The molecule has 2 nitrogen and oxygen atoms in total. The van der Waals surface area contributed by atoms with E-state index in [0.717, 1.165) is 12.3 Å². The van der Waals surface area contributed by atoms with Gasteiger partial charge in [0.2, 0.25) is 0 Å². The van der Waals surface area contributed by atoms with Crippen LogP contribution in [0.1, 0.15) is 37.5 Å². The number of aryl methyl sites for hydroxylation is 1. The summed E-state index contributed by atoms with van der Waals surface area (Å²) in [6.45, 7) is 9.78. The van der Waals surface area contributed by atoms with Crippen LogP contribution in [0.25, 0.3) is 21.9 Å². The molecule has 0 saturated carbocycles. The van der Waals surface area contributed by atoms with Crippen molar-refractivity contribution >= 4 is 22.1 Å². The SMILES string of the molecule is COc1c(C(C)(C)C)cc2[cH-]c(C)cc2c1N1Cc2ccccc2-c2ccccc21.[Zr]. The first-order valence-corrected chi connectivity index (χ1v) is 10.6. The molecule has 0 bridgehead atoms. The van der Waals surface area contributed by atoms with Crippen LogP contribution in [0.3, 0.4) is 0 Å². The normalized spacial score (nSPS) is 12.9. The maximum absolute atomic E-state index is 6.13. The molecule has 0 fully saturated rings. The van der Waals surface area contributed by atoms with Crippen LogP contribution in [0.15, 0.2) is 66.7 Å². The zero-order valence-electron chi connectivity index (χ0n) is 18.9. The van der Waals surface area contributed by atoms with Gasteiger partial charge in [-0.1, -0.05) is 70.2 Å². The van der Waals surface area contributed by atoms with Crippen LogP contribution in [0.4, 0.5) is 11.4 Å². The molecule has 4 aromatic rings. The average Bonchev–Trinajstić information content (AvgIpc) is 3.11. The van der Waals surface area contributed by atoms with E-state index in [2.05, 4.69) is 99.3 Å². The molecule has 0 spiro atoms. The van der Waals surface area contributed by atoms with E-state index in [1.54, 1.807) is 7.11 Å². The molecule has 0 radical (unpaired) electrons. The molecule has 31 heavy (non-hydrogen) atoms. The van der Waals surface area contributed by atoms with Crippen LogP contribution < -0.4 is 9.64 Å². The van der Waals surface area contributed by atoms with Gasteiger partial charge in [-0.25, -0.2) is 0 Å². The van der Waals surface area contributed by atoms with E-state index in [9.17, 15) is 0 Å². The minimum absolute atomic E-state index is 0. The quantitative estimate of drug-likeness (QED) is 0.273. The minimum atomic E-state index is -0.0212. The van der Waals surface area contributed by atoms with Crippen LogP contribution in [-0.2, 0) is 38.2 Å². The Balaban J connectivity index is 0.00000231. The summed E-state index contributed by atoms with van der Waals surface area (Å²) >= 11 is 0. The molecule has 0 aliphatic carbocycles. The van der Waals surface area contributed by atoms with E-state index >= 15 is 0 Å². The van der Waals surface area contributed by atoms with Crippen LogP contribution in [0, 0.1) is 6.92 Å². The summed E-state index contributed by atoms with van der Waals surface area (Å²) in [6, 6.07) is 24.4. The predicted octanol–water partition coefficient (Wildman–Crippen LogP) is 7.49. The summed E-state index contributed by atoms with van der Waals surface area (Å²) in [5, 5.41) is 2.54. The summed E-state index contributed by atoms with van der Waals surface area (Å²) in [5.74, 6) is 0.981. The Morgan fingerprint density at radius 1 is 0.935 bits per heavy atom. The third kappa shape index (κ3) is 3.58. The van der Waals surface area contributed by atoms with Gasteiger partial charge < -0.3 is 9.64 Å². The van der Waals surface area contributed by atoms with E-state index in [1.807, 2.05) is 0 Å². The number of benzene rings is 3. The fourth-order valence-corrected chi connectivity index (χ4v) is 4.82. The molecule has 1 aliphatic rings. The molecule has 1 heterocycles. The smallest absolute Gasteiger partial charge is 0.127 e. The van der Waals surface area contributed by atoms with Gasteiger partial charge in [0.1, 0.15) is 5.75 Å². The predicted molar refractivity (Wildman–Crippen MR) is 127 cm³/mol. The van der Waals surface area contributed by atoms with Gasteiger partial charge >= 0.3 is 0 Å². The Morgan fingerprint density at radius 2 is 1.61 bits per heavy atom. The molecule has 5 rings (SSSR count). The van der Waals surface area contributed by atoms with E-state index in [1.165, 1.54) is 50.0 Å². The van der Waals surface area contributed by atoms with Gasteiger partial charge in [-0.3, -0.25) is 0 Å². The zero-order chi connectivity index (χ0) is 21.0. The van der Waals surface area contributed by atoms with Gasteiger partial charge in [-0.2, -0.15) is 6.07 Å². The largest absolute Gasteiger partial charge is 0.496 e. The van der Waals surface area contributed by atoms with Crippen molar-refractivity contribution in [2.45, 2.75) is 39.7 Å². The molecule has 0 atom stereocenters. The van der Waals surface area contributed by atoms with E-state index < -0.39 is 0 Å². The molecule has 0 aromatic heterocycles. The number of anilines is 2. The molecule has 0 N–H and O–H groups in total. The monoisotopic (exact) mass is 484 g/mol. The summed E-state index contributed by atoms with van der Waals surface area (Å²) < 4.78 is 6.13. The van der Waals surface area contributed by atoms with Crippen molar-refractivity contribution in [3.05, 3.63) is 83.4 Å². The molecule has 0 saturated heterocycles. The Hall–Kier alpha value is -2.25. The Morgan fingerprint density at radius 3 is 2.32 bits per heavy atom. The first-order valence-electron chi connectivity index (χ1n) is 10.6. The van der Waals surface area contributed by atoms with Crippen LogP contribution in [0.2, 0.25) is 0 Å². The van der Waals surface area contributed by atoms with Crippen molar-refractivity contribution < 1.29 is 30.9 Å². The second kappa shape index (κ2) is 8.02. The molecular formula is C28H28NOZr-. The third-order valence-corrected chi connectivity index (χ3v) is 6.19. The molecule has 3 heteroatoms. The van der Waals surface area contributed by atoms with Gasteiger partial charge in [0.15, 0.2) is 0 Å². The Labute approximate surface area is 204 Å². The van der Waals surface area contributed by atoms with Gasteiger partial charge in [-0.15, -0.1) is 28.5 Å². The Bertz CT molecular complexity index is 1260. The number of fused-ring (bicyclic) bond motifs is 4. The molecule has 1 aliphatic heterocycles. The number of hydrogen-bond donors (Lipinski definition) is 0. The molecule has 156 valence electrons. The third-order valence-electron chi connectivity index (χ3n) is 6.19. The maximum atomic E-state index is 6.13. The summed E-state index contributed by atoms with van der Waals surface area (Å²) in [5.41, 5.74) is 8.86. The summed E-state index contributed by atoms with van der Waals surface area (Å²) in [6.07, 6.45) is 0. The van der Waals surface area contributed by atoms with Crippen LogP contribution >= 0.6 is 0 Å². The summed E-state index contributed by atoms with van der Waals surface area (Å²) in [7, 11) is 1.81. The first kappa shape index (κ1) is 22.0. The number of ether oxygens (including phenoxy) is 1. The second-order valence-corrected chi connectivity index (χ2v) is 9.35. The second-order valence-electron chi connectivity index (χ2n) is 9.35. The molecule has 0 amide bonds. The van der Waals surface area contributed by atoms with Crippen LogP contribution in [0.5, 0.6) is 5.75 Å². The van der Waals surface area contributed by atoms with Crippen molar-refractivity contribution in [3.8, 4) is 16.9 Å². The number of methoxy groups -OCH3 is 1. The molecular weight excluding hydrogens is 458 g/mol. The van der Waals surface area contributed by atoms with E-state index in [-0.39, 0.29) is 31.6 Å². The number of hydrogen-bond acceptors (Lipinski definition) is 2. The number of rotatable bonds is 2. The van der Waals surface area contributed by atoms with Crippen molar-refractivity contribution in [2.24, 2.45) is 0 Å². The van der Waals surface area contributed by atoms with Crippen molar-refractivity contribution in [1.29, 1.82) is 0 Å². The first-order chi connectivity index (χ1) is 14.4. The van der Waals surface area contributed by atoms with Crippen molar-refractivity contribution in [2.75, 3.05) is 12.0 Å². The number of para-hydroxylation sites is 1. The van der Waals surface area contributed by atoms with Gasteiger partial charge in [0, 0.05) is 49.7 Å². The fourth-order valence-electron chi connectivity index (χ4n) is 4.82. The zero-order valence-corrected chi connectivity index (χ0v) is 21.4. The van der Waals surface area contributed by atoms with Gasteiger partial charge in [-0.05, 0) is 28.2 Å². The van der Waals surface area contributed by atoms with Gasteiger partial charge in [0.05, 0.1) is 7.11 Å². The molecule has 0 unspecified atom stereocenters. The summed E-state index contributed by atoms with van der Waals surface area (Å²) in [4.78, 5) is 2.45. The Kier molecular flexibility index (Phi) is 5.69. The minimum Gasteiger partial charge on any atom is -0.496 e. The van der Waals surface area contributed by atoms with Crippen LogP contribution in [-0.4, -0.2) is 7.11 Å². The van der Waals surface area contributed by atoms with E-state index in [0.29, 0.717) is 0 Å². The molecule has 4 aromatic carbocycles. The van der Waals surface area contributed by atoms with Gasteiger partial charge in [0.25, 0.3) is 0 Å². The average molecular weight is 486 g/mol.